The highest BCUT2D eigenvalue weighted by Gasteiger charge is 2.18. The van der Waals surface area contributed by atoms with Crippen molar-refractivity contribution >= 4 is 34.6 Å². The van der Waals surface area contributed by atoms with Crippen molar-refractivity contribution in [3.63, 3.8) is 0 Å². The number of nitrogens with one attached hydrogen (secondary N) is 1. The van der Waals surface area contributed by atoms with Gasteiger partial charge in [0, 0.05) is 12.2 Å². The predicted molar refractivity (Wildman–Crippen MR) is 70.3 cm³/mol. The Morgan fingerprint density at radius 3 is 2.31 bits per heavy atom. The average Bonchev–Trinajstić information content (AvgIpc) is 2.16. The van der Waals surface area contributed by atoms with Gasteiger partial charge in [0.2, 0.25) is 0 Å². The normalized spacial score (nSPS) is 14.6. The first kappa shape index (κ1) is 13.4. The predicted octanol–water partition coefficient (Wildman–Crippen LogP) is 3.15. The minimum Gasteiger partial charge on any atom is -0.399 e. The molecule has 0 aliphatic heterocycles. The van der Waals surface area contributed by atoms with Crippen LogP contribution in [0.4, 0.5) is 11.4 Å². The largest absolute Gasteiger partial charge is 0.399 e. The fourth-order valence-corrected chi connectivity index (χ4v) is 1.80. The maximum Gasteiger partial charge on any atom is 0.0788 e. The molecule has 1 aromatic carbocycles. The van der Waals surface area contributed by atoms with Crippen molar-refractivity contribution in [3.8, 4) is 0 Å². The Kier molecular flexibility index (Phi) is 4.30. The van der Waals surface area contributed by atoms with Crippen LogP contribution in [-0.4, -0.2) is 17.3 Å². The molecule has 0 fully saturated rings. The van der Waals surface area contributed by atoms with E-state index in [1.807, 2.05) is 6.92 Å². The molecule has 0 amide bonds. The van der Waals surface area contributed by atoms with Crippen LogP contribution in [0.2, 0.25) is 10.0 Å². The molecule has 1 rings (SSSR count). The third kappa shape index (κ3) is 3.44. The molecule has 0 aromatic heterocycles. The molecule has 5 heteroatoms. The summed E-state index contributed by atoms with van der Waals surface area (Å²) in [6, 6.07) is 3.24. The van der Waals surface area contributed by atoms with Gasteiger partial charge in [-0.15, -0.1) is 0 Å². The smallest absolute Gasteiger partial charge is 0.0788 e. The van der Waals surface area contributed by atoms with E-state index in [1.54, 1.807) is 19.1 Å². The number of nitrogen functional groups attached to an aromatic ring is 1. The first-order valence-corrected chi connectivity index (χ1v) is 5.82. The Labute approximate surface area is 106 Å². The summed E-state index contributed by atoms with van der Waals surface area (Å²) in [6.07, 6.45) is 0.643. The molecule has 0 radical (unpaired) electrons. The third-order valence-electron chi connectivity index (χ3n) is 2.47. The van der Waals surface area contributed by atoms with Gasteiger partial charge in [-0.3, -0.25) is 0 Å². The van der Waals surface area contributed by atoms with Crippen molar-refractivity contribution in [3.05, 3.63) is 22.2 Å². The lowest BCUT2D eigenvalue weighted by atomic mass is 10.0. The van der Waals surface area contributed by atoms with Crippen molar-refractivity contribution in [2.75, 3.05) is 17.6 Å². The van der Waals surface area contributed by atoms with Gasteiger partial charge in [-0.1, -0.05) is 30.1 Å². The van der Waals surface area contributed by atoms with Crippen molar-refractivity contribution in [2.45, 2.75) is 25.9 Å². The van der Waals surface area contributed by atoms with Crippen LogP contribution in [0.3, 0.4) is 0 Å². The lowest BCUT2D eigenvalue weighted by molar-refractivity contribution is 0.0697. The molecule has 0 saturated heterocycles. The molecular formula is C11H16Cl2N2O. The van der Waals surface area contributed by atoms with Gasteiger partial charge in [-0.05, 0) is 25.5 Å². The number of hydrogen-bond donors (Lipinski definition) is 3. The SMILES string of the molecule is CCC(C)(O)CNc1c(Cl)cc(N)cc1Cl. The van der Waals surface area contributed by atoms with E-state index in [2.05, 4.69) is 5.32 Å². The summed E-state index contributed by atoms with van der Waals surface area (Å²) in [7, 11) is 0. The van der Waals surface area contributed by atoms with Crippen molar-refractivity contribution < 1.29 is 5.11 Å². The highest BCUT2D eigenvalue weighted by atomic mass is 35.5. The van der Waals surface area contributed by atoms with Crippen molar-refractivity contribution in [1.29, 1.82) is 0 Å². The molecule has 0 saturated carbocycles. The third-order valence-corrected chi connectivity index (χ3v) is 3.07. The maximum absolute atomic E-state index is 9.85. The van der Waals surface area contributed by atoms with Gasteiger partial charge < -0.3 is 16.2 Å². The zero-order valence-corrected chi connectivity index (χ0v) is 10.9. The van der Waals surface area contributed by atoms with E-state index in [1.165, 1.54) is 0 Å². The Hall–Kier alpha value is -0.640. The fourth-order valence-electron chi connectivity index (χ4n) is 1.17. The van der Waals surface area contributed by atoms with E-state index in [0.29, 0.717) is 34.4 Å². The number of aliphatic hydroxyl groups is 1. The number of nitrogens with two attached hydrogens (primary N) is 1. The minimum atomic E-state index is -0.784. The molecular weight excluding hydrogens is 247 g/mol. The summed E-state index contributed by atoms with van der Waals surface area (Å²) in [6.45, 7) is 4.04. The van der Waals surface area contributed by atoms with Gasteiger partial charge >= 0.3 is 0 Å². The summed E-state index contributed by atoms with van der Waals surface area (Å²) in [5, 5.41) is 13.8. The Balaban J connectivity index is 2.82. The van der Waals surface area contributed by atoms with Crippen LogP contribution in [0.15, 0.2) is 12.1 Å². The van der Waals surface area contributed by atoms with Gasteiger partial charge in [0.15, 0.2) is 0 Å². The highest BCUT2D eigenvalue weighted by molar-refractivity contribution is 6.39. The summed E-state index contributed by atoms with van der Waals surface area (Å²) in [5.74, 6) is 0. The molecule has 3 nitrogen and oxygen atoms in total. The van der Waals surface area contributed by atoms with Crippen LogP contribution in [0.5, 0.6) is 0 Å². The lowest BCUT2D eigenvalue weighted by Gasteiger charge is -2.23. The molecule has 0 spiro atoms. The number of hydrogen-bond acceptors (Lipinski definition) is 3. The van der Waals surface area contributed by atoms with E-state index in [0.717, 1.165) is 0 Å². The topological polar surface area (TPSA) is 58.3 Å². The van der Waals surface area contributed by atoms with E-state index in [9.17, 15) is 5.11 Å². The monoisotopic (exact) mass is 262 g/mol. The van der Waals surface area contributed by atoms with Crippen LogP contribution in [-0.2, 0) is 0 Å². The van der Waals surface area contributed by atoms with Crippen LogP contribution in [0.25, 0.3) is 0 Å². The molecule has 90 valence electrons. The number of benzene rings is 1. The zero-order valence-electron chi connectivity index (χ0n) is 9.35. The van der Waals surface area contributed by atoms with Gasteiger partial charge in [0.05, 0.1) is 21.3 Å². The maximum atomic E-state index is 9.85. The van der Waals surface area contributed by atoms with E-state index < -0.39 is 5.60 Å². The van der Waals surface area contributed by atoms with Gasteiger partial charge in [-0.2, -0.15) is 0 Å². The molecule has 0 aliphatic carbocycles. The van der Waals surface area contributed by atoms with Crippen LogP contribution in [0, 0.1) is 0 Å². The molecule has 0 aliphatic rings. The summed E-state index contributed by atoms with van der Waals surface area (Å²) in [5.41, 5.74) is 5.93. The summed E-state index contributed by atoms with van der Waals surface area (Å²) >= 11 is 12.0. The molecule has 0 bridgehead atoms. The van der Waals surface area contributed by atoms with Crippen molar-refractivity contribution in [2.24, 2.45) is 0 Å². The minimum absolute atomic E-state index is 0.382. The Bertz CT molecular complexity index is 357. The van der Waals surface area contributed by atoms with E-state index in [4.69, 9.17) is 28.9 Å². The quantitative estimate of drug-likeness (QED) is 0.731. The molecule has 0 heterocycles. The molecule has 1 aromatic rings. The van der Waals surface area contributed by atoms with Crippen LogP contribution >= 0.6 is 23.2 Å². The number of halogens is 2. The molecule has 1 unspecified atom stereocenters. The second-order valence-corrected chi connectivity index (χ2v) is 4.88. The molecule has 4 N–H and O–H groups in total. The number of rotatable bonds is 4. The van der Waals surface area contributed by atoms with Gasteiger partial charge in [0.25, 0.3) is 0 Å². The van der Waals surface area contributed by atoms with Crippen LogP contribution in [0.1, 0.15) is 20.3 Å². The zero-order chi connectivity index (χ0) is 12.3. The van der Waals surface area contributed by atoms with E-state index in [-0.39, 0.29) is 0 Å². The molecule has 16 heavy (non-hydrogen) atoms. The van der Waals surface area contributed by atoms with E-state index >= 15 is 0 Å². The Morgan fingerprint density at radius 1 is 1.38 bits per heavy atom. The van der Waals surface area contributed by atoms with Gasteiger partial charge in [-0.25, -0.2) is 0 Å². The summed E-state index contributed by atoms with van der Waals surface area (Å²) < 4.78 is 0. The average molecular weight is 263 g/mol. The molecule has 1 atom stereocenters. The van der Waals surface area contributed by atoms with Gasteiger partial charge in [0.1, 0.15) is 0 Å². The van der Waals surface area contributed by atoms with Crippen LogP contribution < -0.4 is 11.1 Å². The second kappa shape index (κ2) is 5.13. The lowest BCUT2D eigenvalue weighted by Crippen LogP contribution is -2.32. The summed E-state index contributed by atoms with van der Waals surface area (Å²) in [4.78, 5) is 0. The highest BCUT2D eigenvalue weighted by Crippen LogP contribution is 2.33. The standard InChI is InChI=1S/C11H16Cl2N2O/c1-3-11(2,16)6-15-10-8(12)4-7(14)5-9(10)13/h4-5,15-16H,3,6,14H2,1-2H3. The second-order valence-electron chi connectivity index (χ2n) is 4.06. The fraction of sp³-hybridized carbons (Fsp3) is 0.455. The first-order chi connectivity index (χ1) is 7.35. The number of anilines is 2. The first-order valence-electron chi connectivity index (χ1n) is 5.06. The van der Waals surface area contributed by atoms with Crippen molar-refractivity contribution in [1.82, 2.24) is 0 Å². The Morgan fingerprint density at radius 2 is 1.88 bits per heavy atom.